The number of hydrogen-bond acceptors (Lipinski definition) is 2. The van der Waals surface area contributed by atoms with Crippen molar-refractivity contribution in [3.63, 3.8) is 0 Å². The summed E-state index contributed by atoms with van der Waals surface area (Å²) in [7, 11) is 0. The van der Waals surface area contributed by atoms with Gasteiger partial charge in [-0.15, -0.1) is 0 Å². The number of ether oxygens (including phenoxy) is 1. The van der Waals surface area contributed by atoms with Gasteiger partial charge in [0.05, 0.1) is 5.69 Å². The Hall–Kier alpha value is -1.88. The highest BCUT2D eigenvalue weighted by Crippen LogP contribution is 2.29. The molecule has 0 spiro atoms. The number of nitrogens with zero attached hydrogens (tertiary/aromatic N) is 3. The molecule has 0 heterocycles. The maximum atomic E-state index is 12.6. The first-order valence-corrected chi connectivity index (χ1v) is 3.43. The Bertz CT molecular complexity index is 376. The second-order valence-electron chi connectivity index (χ2n) is 2.18. The van der Waals surface area contributed by atoms with Crippen molar-refractivity contribution in [2.24, 2.45) is 5.11 Å². The number of benzene rings is 1. The van der Waals surface area contributed by atoms with E-state index in [0.29, 0.717) is 0 Å². The van der Waals surface area contributed by atoms with Crippen molar-refractivity contribution in [2.75, 3.05) is 0 Å². The first-order valence-electron chi connectivity index (χ1n) is 3.43. The van der Waals surface area contributed by atoms with Crippen molar-refractivity contribution in [1.29, 1.82) is 0 Å². The zero-order chi connectivity index (χ0) is 10.6. The van der Waals surface area contributed by atoms with Gasteiger partial charge in [-0.1, -0.05) is 5.11 Å². The third-order valence-electron chi connectivity index (χ3n) is 1.29. The fourth-order valence-corrected chi connectivity index (χ4v) is 0.812. The van der Waals surface area contributed by atoms with Crippen LogP contribution in [-0.4, -0.2) is 6.61 Å². The summed E-state index contributed by atoms with van der Waals surface area (Å²) in [5, 5.41) is 3.00. The van der Waals surface area contributed by atoms with Gasteiger partial charge in [0.1, 0.15) is 11.6 Å². The Morgan fingerprint density at radius 1 is 1.43 bits per heavy atom. The first-order chi connectivity index (χ1) is 6.63. The van der Waals surface area contributed by atoms with E-state index in [9.17, 15) is 13.2 Å². The maximum absolute atomic E-state index is 12.6. The largest absolute Gasteiger partial charge is 0.434 e. The summed E-state index contributed by atoms with van der Waals surface area (Å²) in [4.78, 5) is 2.35. The number of halogens is 3. The average molecular weight is 203 g/mol. The zero-order valence-corrected chi connectivity index (χ0v) is 6.69. The Kier molecular flexibility index (Phi) is 3.19. The van der Waals surface area contributed by atoms with E-state index in [0.717, 1.165) is 18.2 Å². The van der Waals surface area contributed by atoms with Gasteiger partial charge in [0.2, 0.25) is 0 Å². The lowest BCUT2D eigenvalue weighted by atomic mass is 10.3. The van der Waals surface area contributed by atoms with Crippen LogP contribution in [0.15, 0.2) is 23.3 Å². The third kappa shape index (κ3) is 2.56. The summed E-state index contributed by atoms with van der Waals surface area (Å²) < 4.78 is 40.2. The molecule has 1 aromatic rings. The topological polar surface area (TPSA) is 58.0 Å². The molecule has 0 aliphatic heterocycles. The van der Waals surface area contributed by atoms with E-state index in [2.05, 4.69) is 14.8 Å². The van der Waals surface area contributed by atoms with Gasteiger partial charge in [0.25, 0.3) is 0 Å². The molecule has 0 unspecified atom stereocenters. The van der Waals surface area contributed by atoms with Crippen LogP contribution in [0, 0.1) is 5.82 Å². The molecule has 74 valence electrons. The van der Waals surface area contributed by atoms with Gasteiger partial charge < -0.3 is 4.74 Å². The molecule has 0 amide bonds. The number of hydrogen-bond donors (Lipinski definition) is 0. The van der Waals surface area contributed by atoms with Crippen LogP contribution >= 0.6 is 0 Å². The fraction of sp³-hybridized carbons (Fsp3) is 0.143. The molecular weight excluding hydrogens is 199 g/mol. The molecule has 0 aliphatic carbocycles. The fourth-order valence-electron chi connectivity index (χ4n) is 0.812. The molecular formula is C7H4F3N3O. The predicted octanol–water partition coefficient (Wildman–Crippen LogP) is 3.37. The van der Waals surface area contributed by atoms with Crippen LogP contribution in [0.1, 0.15) is 0 Å². The van der Waals surface area contributed by atoms with Crippen LogP contribution < -0.4 is 4.74 Å². The number of rotatable bonds is 3. The normalized spacial score (nSPS) is 9.71. The van der Waals surface area contributed by atoms with Crippen molar-refractivity contribution in [1.82, 2.24) is 0 Å². The molecule has 1 rings (SSSR count). The van der Waals surface area contributed by atoms with Gasteiger partial charge in [-0.2, -0.15) is 8.78 Å². The lowest BCUT2D eigenvalue weighted by Gasteiger charge is -2.06. The number of alkyl halides is 2. The van der Waals surface area contributed by atoms with Gasteiger partial charge in [-0.3, -0.25) is 0 Å². The van der Waals surface area contributed by atoms with Crippen LogP contribution in [0.5, 0.6) is 5.75 Å². The summed E-state index contributed by atoms with van der Waals surface area (Å²) in [5.41, 5.74) is 7.75. The van der Waals surface area contributed by atoms with Crippen molar-refractivity contribution in [3.05, 3.63) is 34.5 Å². The van der Waals surface area contributed by atoms with Gasteiger partial charge in [-0.25, -0.2) is 4.39 Å². The molecule has 1 aromatic carbocycles. The highest BCUT2D eigenvalue weighted by Gasteiger charge is 2.09. The second kappa shape index (κ2) is 4.38. The summed E-state index contributed by atoms with van der Waals surface area (Å²) in [5.74, 6) is -1.06. The second-order valence-corrected chi connectivity index (χ2v) is 2.18. The third-order valence-corrected chi connectivity index (χ3v) is 1.29. The Labute approximate surface area is 76.5 Å². The quantitative estimate of drug-likeness (QED) is 0.422. The van der Waals surface area contributed by atoms with Gasteiger partial charge >= 0.3 is 6.61 Å². The minimum Gasteiger partial charge on any atom is -0.434 e. The molecule has 0 fully saturated rings. The molecule has 14 heavy (non-hydrogen) atoms. The molecule has 0 bridgehead atoms. The van der Waals surface area contributed by atoms with E-state index >= 15 is 0 Å². The Morgan fingerprint density at radius 2 is 2.14 bits per heavy atom. The minimum atomic E-state index is -3.05. The standard InChI is InChI=1S/C7H4F3N3O/c8-4-1-2-6(14-7(9)10)5(3-4)12-13-11/h1-3,7H. The average Bonchev–Trinajstić information content (AvgIpc) is 2.09. The highest BCUT2D eigenvalue weighted by atomic mass is 19.3. The number of azide groups is 1. The molecule has 0 aromatic heterocycles. The maximum Gasteiger partial charge on any atom is 0.387 e. The highest BCUT2D eigenvalue weighted by molar-refractivity contribution is 5.51. The van der Waals surface area contributed by atoms with Crippen LogP contribution in [0.25, 0.3) is 10.4 Å². The minimum absolute atomic E-state index is 0.312. The van der Waals surface area contributed by atoms with E-state index < -0.39 is 12.4 Å². The summed E-state index contributed by atoms with van der Waals surface area (Å²) in [6.07, 6.45) is 0. The van der Waals surface area contributed by atoms with Gasteiger partial charge in [-0.05, 0) is 23.7 Å². The van der Waals surface area contributed by atoms with Crippen LogP contribution in [-0.2, 0) is 0 Å². The first kappa shape index (κ1) is 10.2. The predicted molar refractivity (Wildman–Crippen MR) is 41.8 cm³/mol. The molecule has 4 nitrogen and oxygen atoms in total. The monoisotopic (exact) mass is 203 g/mol. The van der Waals surface area contributed by atoms with E-state index in [4.69, 9.17) is 5.53 Å². The molecule has 0 aliphatic rings. The van der Waals surface area contributed by atoms with Crippen molar-refractivity contribution >= 4 is 5.69 Å². The lowest BCUT2D eigenvalue weighted by Crippen LogP contribution is -2.01. The molecule has 0 N–H and O–H groups in total. The summed E-state index contributed by atoms with van der Waals surface area (Å²) in [6, 6.07) is 2.69. The van der Waals surface area contributed by atoms with E-state index in [1.54, 1.807) is 0 Å². The van der Waals surface area contributed by atoms with Crippen LogP contribution in [0.4, 0.5) is 18.9 Å². The van der Waals surface area contributed by atoms with E-state index in [1.165, 1.54) is 0 Å². The molecule has 0 saturated carbocycles. The molecule has 0 atom stereocenters. The Balaban J connectivity index is 3.07. The van der Waals surface area contributed by atoms with Crippen molar-refractivity contribution < 1.29 is 17.9 Å². The molecule has 7 heteroatoms. The van der Waals surface area contributed by atoms with Crippen molar-refractivity contribution in [2.45, 2.75) is 6.61 Å². The smallest absolute Gasteiger partial charge is 0.387 e. The van der Waals surface area contributed by atoms with Crippen LogP contribution in [0.2, 0.25) is 0 Å². The van der Waals surface area contributed by atoms with Gasteiger partial charge in [0, 0.05) is 4.91 Å². The van der Waals surface area contributed by atoms with Gasteiger partial charge in [0.15, 0.2) is 0 Å². The van der Waals surface area contributed by atoms with Crippen molar-refractivity contribution in [3.8, 4) is 5.75 Å². The molecule has 0 saturated heterocycles. The van der Waals surface area contributed by atoms with E-state index in [-0.39, 0.29) is 11.4 Å². The lowest BCUT2D eigenvalue weighted by molar-refractivity contribution is -0.0494. The molecule has 0 radical (unpaired) electrons. The SMILES string of the molecule is [N-]=[N+]=Nc1cc(F)ccc1OC(F)F. The van der Waals surface area contributed by atoms with Crippen LogP contribution in [0.3, 0.4) is 0 Å². The summed E-state index contributed by atoms with van der Waals surface area (Å²) >= 11 is 0. The zero-order valence-electron chi connectivity index (χ0n) is 6.69. The van der Waals surface area contributed by atoms with E-state index in [1.807, 2.05) is 0 Å². The Morgan fingerprint density at radius 3 is 2.71 bits per heavy atom. The summed E-state index contributed by atoms with van der Waals surface area (Å²) in [6.45, 7) is -3.05.